The van der Waals surface area contributed by atoms with Gasteiger partial charge in [-0.3, -0.25) is 5.10 Å². The monoisotopic (exact) mass is 533 g/mol. The molecule has 3 atom stereocenters. The highest BCUT2D eigenvalue weighted by Crippen LogP contribution is 2.30. The van der Waals surface area contributed by atoms with E-state index in [1.54, 1.807) is 19.2 Å². The first-order chi connectivity index (χ1) is 17.7. The zero-order valence-corrected chi connectivity index (χ0v) is 22.2. The number of aromatic amines is 1. The average molecular weight is 534 g/mol. The van der Waals surface area contributed by atoms with Crippen LogP contribution < -0.4 is 20.3 Å². The summed E-state index contributed by atoms with van der Waals surface area (Å²) in [7, 11) is 0.632. The molecule has 0 aromatic carbocycles. The third kappa shape index (κ3) is 6.86. The van der Waals surface area contributed by atoms with Crippen LogP contribution in [0.5, 0.6) is 5.88 Å². The summed E-state index contributed by atoms with van der Waals surface area (Å²) in [6.45, 7) is 0.651. The van der Waals surface area contributed by atoms with Crippen molar-refractivity contribution in [3.05, 3.63) is 17.8 Å². The van der Waals surface area contributed by atoms with Gasteiger partial charge in [-0.25, -0.2) is 8.42 Å². The first-order valence-corrected chi connectivity index (χ1v) is 14.2. The van der Waals surface area contributed by atoms with Crippen molar-refractivity contribution in [3.63, 3.8) is 0 Å². The Morgan fingerprint density at radius 2 is 1.95 bits per heavy atom. The van der Waals surface area contributed by atoms with Crippen molar-refractivity contribution in [2.75, 3.05) is 43.7 Å². The summed E-state index contributed by atoms with van der Waals surface area (Å²) in [6.07, 6.45) is 7.19. The van der Waals surface area contributed by atoms with E-state index in [2.05, 4.69) is 42.7 Å². The van der Waals surface area contributed by atoms with E-state index < -0.39 is 10.0 Å². The van der Waals surface area contributed by atoms with E-state index in [0.29, 0.717) is 60.4 Å². The zero-order chi connectivity index (χ0) is 26.6. The third-order valence-electron chi connectivity index (χ3n) is 7.01. The molecule has 0 amide bonds. The summed E-state index contributed by atoms with van der Waals surface area (Å²) in [6, 6.07) is 7.07. The fraction of sp³-hybridized carbons (Fsp3) is 0.652. The fourth-order valence-electron chi connectivity index (χ4n) is 4.88. The van der Waals surface area contributed by atoms with Crippen LogP contribution >= 0.6 is 0 Å². The van der Waals surface area contributed by atoms with E-state index in [9.17, 15) is 13.5 Å². The Labute approximate surface area is 217 Å². The van der Waals surface area contributed by atoms with Crippen LogP contribution in [0.3, 0.4) is 0 Å². The van der Waals surface area contributed by atoms with Crippen LogP contribution in [0, 0.1) is 17.2 Å². The number of aliphatic hydroxyl groups is 1. The number of nitrogens with one attached hydrogen (secondary N) is 3. The number of fused-ring (bicyclic) bond motifs is 2. The molecular formula is C23H35N9O4S. The number of piperidine rings is 2. The van der Waals surface area contributed by atoms with Crippen LogP contribution in [0.2, 0.25) is 0 Å². The summed E-state index contributed by atoms with van der Waals surface area (Å²) >= 11 is 0. The van der Waals surface area contributed by atoms with E-state index in [4.69, 9.17) is 10.00 Å². The molecule has 0 radical (unpaired) electrons. The van der Waals surface area contributed by atoms with Gasteiger partial charge in [0.2, 0.25) is 21.9 Å². The zero-order valence-electron chi connectivity index (χ0n) is 21.4. The lowest BCUT2D eigenvalue weighted by molar-refractivity contribution is 0.218. The molecular weight excluding hydrogens is 498 g/mol. The molecule has 2 bridgehead atoms. The minimum atomic E-state index is -3.03. The maximum absolute atomic E-state index is 10.7. The third-order valence-corrected chi connectivity index (χ3v) is 8.25. The predicted molar refractivity (Wildman–Crippen MR) is 138 cm³/mol. The molecule has 2 aromatic rings. The van der Waals surface area contributed by atoms with E-state index in [1.165, 1.54) is 23.6 Å². The summed E-state index contributed by atoms with van der Waals surface area (Å²) in [5.41, 5.74) is 0.636. The molecule has 37 heavy (non-hydrogen) atoms. The van der Waals surface area contributed by atoms with Gasteiger partial charge < -0.3 is 25.4 Å². The van der Waals surface area contributed by atoms with Gasteiger partial charge in [0.1, 0.15) is 5.82 Å². The first kappa shape index (κ1) is 27.1. The number of anilines is 3. The second-order valence-corrected chi connectivity index (χ2v) is 11.8. The van der Waals surface area contributed by atoms with Crippen LogP contribution in [0.1, 0.15) is 37.8 Å². The van der Waals surface area contributed by atoms with Crippen molar-refractivity contribution in [2.24, 2.45) is 5.92 Å². The predicted octanol–water partition coefficient (Wildman–Crippen LogP) is 0.955. The summed E-state index contributed by atoms with van der Waals surface area (Å²) in [5.74, 6) is 2.24. The quantitative estimate of drug-likeness (QED) is 0.399. The minimum absolute atomic E-state index is 0.0882. The van der Waals surface area contributed by atoms with Crippen molar-refractivity contribution < 1.29 is 18.3 Å². The number of methoxy groups -OCH3 is 1. The van der Waals surface area contributed by atoms with Crippen molar-refractivity contribution >= 4 is 27.6 Å². The van der Waals surface area contributed by atoms with E-state index in [-0.39, 0.29) is 12.5 Å². The molecule has 0 aliphatic carbocycles. The van der Waals surface area contributed by atoms with Crippen LogP contribution in [-0.2, 0) is 16.6 Å². The molecule has 3 aliphatic rings. The van der Waals surface area contributed by atoms with E-state index in [0.717, 1.165) is 19.1 Å². The van der Waals surface area contributed by atoms with Gasteiger partial charge in [-0.1, -0.05) is 6.42 Å². The molecule has 5 rings (SSSR count). The highest BCUT2D eigenvalue weighted by Gasteiger charge is 2.34. The second-order valence-electron chi connectivity index (χ2n) is 9.79. The Morgan fingerprint density at radius 1 is 1.24 bits per heavy atom. The first-order valence-electron chi connectivity index (χ1n) is 12.4. The molecule has 202 valence electrons. The number of aliphatic hydroxyl groups excluding tert-OH is 1. The number of nitrogens with zero attached hydrogens (tertiary/aromatic N) is 6. The standard InChI is InChI=1S/C18H27N7O2.C5H8N2O2S/c1-25(14-6-11-4-3-5-12(7-14)19-11)18-21-15(9-17(22-18)27-2)20-16-8-13(10-26)23-24-16;1-10(8,9)7-3-5(2-6)4-7/h8-9,11-12,14,19,26H,3-7,10H2,1-2H3,(H2,20,21,22,23,24);5H,3-4H2,1H3/t11-,12+,14?;. The van der Waals surface area contributed by atoms with Crippen LogP contribution in [0.15, 0.2) is 12.1 Å². The maximum Gasteiger partial charge on any atom is 0.230 e. The lowest BCUT2D eigenvalue weighted by atomic mass is 9.83. The summed E-state index contributed by atoms with van der Waals surface area (Å²) in [5, 5.41) is 31.2. The van der Waals surface area contributed by atoms with Gasteiger partial charge in [0.15, 0.2) is 5.82 Å². The van der Waals surface area contributed by atoms with Gasteiger partial charge in [-0.2, -0.15) is 24.6 Å². The largest absolute Gasteiger partial charge is 0.481 e. The number of aromatic nitrogens is 4. The molecule has 2 aromatic heterocycles. The average Bonchev–Trinajstić information content (AvgIpc) is 3.29. The maximum atomic E-state index is 10.7. The molecule has 3 fully saturated rings. The van der Waals surface area contributed by atoms with Gasteiger partial charge in [-0.05, 0) is 25.7 Å². The van der Waals surface area contributed by atoms with Crippen LogP contribution in [0.25, 0.3) is 0 Å². The van der Waals surface area contributed by atoms with Gasteiger partial charge in [0.25, 0.3) is 0 Å². The lowest BCUT2D eigenvalue weighted by Crippen LogP contribution is -2.54. The molecule has 4 N–H and O–H groups in total. The van der Waals surface area contributed by atoms with Crippen molar-refractivity contribution in [1.82, 2.24) is 29.8 Å². The Bertz CT molecular complexity index is 1200. The van der Waals surface area contributed by atoms with Crippen LogP contribution in [-0.4, -0.2) is 89.6 Å². The molecule has 3 aliphatic heterocycles. The number of ether oxygens (including phenoxy) is 1. The highest BCUT2D eigenvalue weighted by atomic mass is 32.2. The number of sulfonamides is 1. The SMILES string of the molecule is COc1cc(Nc2cc(CO)[nH]n2)nc(N(C)C2C[C@H]3CCC[C@@H](C2)N3)n1.CS(=O)(=O)N1CC(C#N)C1. The van der Waals surface area contributed by atoms with E-state index in [1.807, 2.05) is 6.07 Å². The van der Waals surface area contributed by atoms with Gasteiger partial charge in [-0.15, -0.1) is 0 Å². The van der Waals surface area contributed by atoms with Crippen molar-refractivity contribution in [2.45, 2.75) is 56.8 Å². The Kier molecular flexibility index (Phi) is 8.48. The Hall–Kier alpha value is -2.99. The topological polar surface area (TPSA) is 172 Å². The molecule has 0 spiro atoms. The van der Waals surface area contributed by atoms with Gasteiger partial charge >= 0.3 is 0 Å². The molecule has 5 heterocycles. The minimum Gasteiger partial charge on any atom is -0.481 e. The van der Waals surface area contributed by atoms with Crippen molar-refractivity contribution in [1.29, 1.82) is 5.26 Å². The fourth-order valence-corrected chi connectivity index (χ4v) is 5.78. The van der Waals surface area contributed by atoms with Crippen LogP contribution in [0.4, 0.5) is 17.6 Å². The van der Waals surface area contributed by atoms with E-state index >= 15 is 0 Å². The smallest absolute Gasteiger partial charge is 0.230 e. The summed E-state index contributed by atoms with van der Waals surface area (Å²) in [4.78, 5) is 11.4. The Balaban J connectivity index is 0.000000270. The number of H-pyrrole nitrogens is 1. The molecule has 0 saturated carbocycles. The Morgan fingerprint density at radius 3 is 2.51 bits per heavy atom. The molecule has 1 unspecified atom stereocenters. The normalized spacial score (nSPS) is 23.7. The number of rotatable bonds is 7. The molecule has 13 nitrogen and oxygen atoms in total. The second kappa shape index (κ2) is 11.6. The van der Waals surface area contributed by atoms with Crippen molar-refractivity contribution in [3.8, 4) is 11.9 Å². The lowest BCUT2D eigenvalue weighted by Gasteiger charge is -2.43. The van der Waals surface area contributed by atoms with Gasteiger partial charge in [0.05, 0.1) is 37.7 Å². The number of hydrogen-bond acceptors (Lipinski definition) is 11. The van der Waals surface area contributed by atoms with Gasteiger partial charge in [0, 0.05) is 50.4 Å². The molecule has 3 saturated heterocycles. The molecule has 14 heteroatoms. The number of hydrogen-bond donors (Lipinski definition) is 4. The summed E-state index contributed by atoms with van der Waals surface area (Å²) < 4.78 is 28.0. The highest BCUT2D eigenvalue weighted by molar-refractivity contribution is 7.88. The number of nitriles is 1.